The van der Waals surface area contributed by atoms with Crippen molar-refractivity contribution < 1.29 is 24.0 Å². The van der Waals surface area contributed by atoms with Crippen LogP contribution in [-0.4, -0.2) is 58.4 Å². The number of hydrogen-bond donors (Lipinski definition) is 3. The number of oxime groups is 1. The number of nitrogens with zero attached hydrogens (tertiary/aromatic N) is 3. The van der Waals surface area contributed by atoms with Crippen LogP contribution in [-0.2, 0) is 19.2 Å². The van der Waals surface area contributed by atoms with Gasteiger partial charge in [0.1, 0.15) is 24.7 Å². The number of β-lactam (4-membered cyclic amide) rings is 1. The maximum Gasteiger partial charge on any atom is 0.322 e. The van der Waals surface area contributed by atoms with Gasteiger partial charge in [-0.15, -0.1) is 22.9 Å². The lowest BCUT2D eigenvalue weighted by Crippen LogP contribution is -2.68. The number of alkyl halides is 1. The van der Waals surface area contributed by atoms with Crippen LogP contribution < -0.4 is 16.4 Å². The summed E-state index contributed by atoms with van der Waals surface area (Å²) < 4.78 is 0. The number of urea groups is 1. The Labute approximate surface area is 185 Å². The Morgan fingerprint density at radius 3 is 2.65 bits per heavy atom. The first-order valence-corrected chi connectivity index (χ1v) is 10.2. The summed E-state index contributed by atoms with van der Waals surface area (Å²) >= 11 is 6.50. The SMILES string of the molecule is CON=C(C(=O)N[C@@H]1C(=O)N(C(N)=O)[C@@H]1c1ccccc1)c1csc(NC(=O)CCl)n1. The van der Waals surface area contributed by atoms with Crippen LogP contribution in [0.1, 0.15) is 17.3 Å². The number of carbonyl (C=O) groups excluding carboxylic acids is 4. The van der Waals surface area contributed by atoms with Gasteiger partial charge in [-0.1, -0.05) is 35.5 Å². The van der Waals surface area contributed by atoms with E-state index in [9.17, 15) is 19.2 Å². The summed E-state index contributed by atoms with van der Waals surface area (Å²) in [6.07, 6.45) is 0. The molecule has 4 N–H and O–H groups in total. The fraction of sp³-hybridized carbons (Fsp3) is 0.222. The molecule has 2 aromatic rings. The van der Waals surface area contributed by atoms with Crippen LogP contribution in [0.3, 0.4) is 0 Å². The maximum absolute atomic E-state index is 12.9. The molecule has 162 valence electrons. The number of hydrogen-bond acceptors (Lipinski definition) is 8. The van der Waals surface area contributed by atoms with Gasteiger partial charge in [0.05, 0.1) is 6.04 Å². The second-order valence-corrected chi connectivity index (χ2v) is 7.32. The molecule has 3 rings (SSSR count). The molecule has 5 amide bonds. The van der Waals surface area contributed by atoms with E-state index >= 15 is 0 Å². The molecule has 1 aliphatic rings. The molecule has 2 heterocycles. The van der Waals surface area contributed by atoms with Crippen LogP contribution in [0.4, 0.5) is 9.93 Å². The van der Waals surface area contributed by atoms with Crippen LogP contribution >= 0.6 is 22.9 Å². The van der Waals surface area contributed by atoms with E-state index in [-0.39, 0.29) is 22.4 Å². The Kier molecular flexibility index (Phi) is 6.82. The van der Waals surface area contributed by atoms with Crippen molar-refractivity contribution >= 4 is 57.5 Å². The van der Waals surface area contributed by atoms with Gasteiger partial charge in [-0.3, -0.25) is 19.3 Å². The van der Waals surface area contributed by atoms with Gasteiger partial charge >= 0.3 is 6.03 Å². The van der Waals surface area contributed by atoms with Gasteiger partial charge in [-0.2, -0.15) is 0 Å². The number of nitrogens with two attached hydrogens (primary N) is 1. The lowest BCUT2D eigenvalue weighted by atomic mass is 9.88. The lowest BCUT2D eigenvalue weighted by molar-refractivity contribution is -0.147. The second-order valence-electron chi connectivity index (χ2n) is 6.20. The third-order valence-electron chi connectivity index (χ3n) is 4.27. The fourth-order valence-electron chi connectivity index (χ4n) is 2.97. The van der Waals surface area contributed by atoms with Gasteiger partial charge in [0.2, 0.25) is 5.91 Å². The average Bonchev–Trinajstić information content (AvgIpc) is 3.21. The first-order chi connectivity index (χ1) is 14.9. The molecule has 0 spiro atoms. The van der Waals surface area contributed by atoms with Gasteiger partial charge in [-0.05, 0) is 5.56 Å². The van der Waals surface area contributed by atoms with Crippen LogP contribution in [0.5, 0.6) is 0 Å². The molecule has 0 bridgehead atoms. The largest absolute Gasteiger partial charge is 0.398 e. The average molecular weight is 465 g/mol. The number of carbonyl (C=O) groups is 4. The van der Waals surface area contributed by atoms with Crippen molar-refractivity contribution in [1.29, 1.82) is 0 Å². The van der Waals surface area contributed by atoms with E-state index in [0.717, 1.165) is 16.2 Å². The number of amides is 5. The number of primary amides is 1. The Hall–Kier alpha value is -3.51. The minimum absolute atomic E-state index is 0.115. The summed E-state index contributed by atoms with van der Waals surface area (Å²) in [4.78, 5) is 58.2. The number of likely N-dealkylation sites (tertiary alicyclic amines) is 1. The molecule has 0 aliphatic carbocycles. The van der Waals surface area contributed by atoms with E-state index in [1.165, 1.54) is 12.5 Å². The van der Waals surface area contributed by atoms with E-state index in [4.69, 9.17) is 22.2 Å². The third kappa shape index (κ3) is 4.64. The first kappa shape index (κ1) is 22.2. The number of halogens is 1. The third-order valence-corrected chi connectivity index (χ3v) is 5.28. The maximum atomic E-state index is 12.9. The van der Waals surface area contributed by atoms with Crippen molar-refractivity contribution in [3.8, 4) is 0 Å². The van der Waals surface area contributed by atoms with Crippen LogP contribution in [0.25, 0.3) is 0 Å². The van der Waals surface area contributed by atoms with Gasteiger partial charge < -0.3 is 21.2 Å². The molecule has 1 fully saturated rings. The van der Waals surface area contributed by atoms with Crippen molar-refractivity contribution in [3.63, 3.8) is 0 Å². The Bertz CT molecular complexity index is 1040. The zero-order chi connectivity index (χ0) is 22.5. The van der Waals surface area contributed by atoms with E-state index < -0.39 is 35.8 Å². The molecule has 0 unspecified atom stereocenters. The molecule has 2 atom stereocenters. The lowest BCUT2D eigenvalue weighted by Gasteiger charge is -2.44. The molecule has 1 saturated heterocycles. The Morgan fingerprint density at radius 2 is 2.03 bits per heavy atom. The molecule has 1 aliphatic heterocycles. The van der Waals surface area contributed by atoms with Crippen LogP contribution in [0.2, 0.25) is 0 Å². The monoisotopic (exact) mass is 464 g/mol. The minimum Gasteiger partial charge on any atom is -0.398 e. The zero-order valence-electron chi connectivity index (χ0n) is 16.1. The summed E-state index contributed by atoms with van der Waals surface area (Å²) in [6.45, 7) is 0. The molecular formula is C18H17ClN6O5S. The molecule has 13 heteroatoms. The standard InChI is InChI=1S/C18H17ClN6O5S/c1-30-24-12(10-8-31-18(21-10)22-11(26)7-19)15(27)23-13-14(9-5-3-2-4-6-9)25(16(13)28)17(20)29/h2-6,8,13-14H,7H2,1H3,(H2,20,29)(H,23,27)(H,21,22,26)/t13-,14+/m0/s1. The number of benzene rings is 1. The van der Waals surface area contributed by atoms with E-state index in [0.29, 0.717) is 5.56 Å². The van der Waals surface area contributed by atoms with Crippen molar-refractivity contribution in [2.24, 2.45) is 10.9 Å². The highest BCUT2D eigenvalue weighted by atomic mass is 35.5. The Balaban J connectivity index is 1.82. The molecule has 0 saturated carbocycles. The fourth-order valence-corrected chi connectivity index (χ4v) is 3.74. The van der Waals surface area contributed by atoms with Gasteiger partial charge in [0.15, 0.2) is 10.8 Å². The van der Waals surface area contributed by atoms with E-state index in [1.54, 1.807) is 30.3 Å². The summed E-state index contributed by atoms with van der Waals surface area (Å²) in [5.41, 5.74) is 5.83. The van der Waals surface area contributed by atoms with E-state index in [1.807, 2.05) is 0 Å². The highest BCUT2D eigenvalue weighted by molar-refractivity contribution is 7.14. The molecule has 0 radical (unpaired) electrons. The number of aromatic nitrogens is 1. The normalized spacial score (nSPS) is 18.2. The summed E-state index contributed by atoms with van der Waals surface area (Å²) in [7, 11) is 1.24. The predicted octanol–water partition coefficient (Wildman–Crippen LogP) is 0.818. The smallest absolute Gasteiger partial charge is 0.322 e. The molecule has 1 aromatic heterocycles. The highest BCUT2D eigenvalue weighted by Crippen LogP contribution is 2.34. The number of anilines is 1. The van der Waals surface area contributed by atoms with Gasteiger partial charge in [0, 0.05) is 5.38 Å². The van der Waals surface area contributed by atoms with Crippen LogP contribution in [0.15, 0.2) is 40.9 Å². The second kappa shape index (κ2) is 9.53. The summed E-state index contributed by atoms with van der Waals surface area (Å²) in [5.74, 6) is -2.13. The highest BCUT2D eigenvalue weighted by Gasteiger charge is 2.52. The topological polar surface area (TPSA) is 156 Å². The quantitative estimate of drug-likeness (QED) is 0.238. The molecule has 31 heavy (non-hydrogen) atoms. The summed E-state index contributed by atoms with van der Waals surface area (Å²) in [6, 6.07) is 5.93. The number of rotatable bonds is 7. The van der Waals surface area contributed by atoms with Gasteiger partial charge in [-0.25, -0.2) is 9.78 Å². The first-order valence-electron chi connectivity index (χ1n) is 8.78. The summed E-state index contributed by atoms with van der Waals surface area (Å²) in [5, 5.41) is 10.4. The van der Waals surface area contributed by atoms with E-state index in [2.05, 4.69) is 20.8 Å². The van der Waals surface area contributed by atoms with Crippen LogP contribution in [0, 0.1) is 0 Å². The van der Waals surface area contributed by atoms with Crippen molar-refractivity contribution in [1.82, 2.24) is 15.2 Å². The molecule has 11 nitrogen and oxygen atoms in total. The van der Waals surface area contributed by atoms with Gasteiger partial charge in [0.25, 0.3) is 11.8 Å². The van der Waals surface area contributed by atoms with Crippen molar-refractivity contribution in [2.75, 3.05) is 18.3 Å². The van der Waals surface area contributed by atoms with Crippen molar-refractivity contribution in [3.05, 3.63) is 47.0 Å². The zero-order valence-corrected chi connectivity index (χ0v) is 17.6. The van der Waals surface area contributed by atoms with Crippen molar-refractivity contribution in [2.45, 2.75) is 12.1 Å². The number of imide groups is 1. The predicted molar refractivity (Wildman–Crippen MR) is 113 cm³/mol. The minimum atomic E-state index is -1.04. The molecule has 1 aromatic carbocycles. The number of nitrogens with one attached hydrogen (secondary N) is 2. The molecular weight excluding hydrogens is 448 g/mol. The Morgan fingerprint density at radius 1 is 1.32 bits per heavy atom. The number of thiazole rings is 1.